The quantitative estimate of drug-likeness (QED) is 0.725. The first-order valence-electron chi connectivity index (χ1n) is 8.64. The molecule has 3 rings (SSSR count). The van der Waals surface area contributed by atoms with Gasteiger partial charge >= 0.3 is 0 Å². The van der Waals surface area contributed by atoms with E-state index in [9.17, 15) is 19.1 Å². The van der Waals surface area contributed by atoms with Crippen molar-refractivity contribution in [2.75, 3.05) is 13.2 Å². The number of aliphatic hydroxyl groups is 1. The van der Waals surface area contributed by atoms with Gasteiger partial charge < -0.3 is 9.84 Å². The molecule has 2 unspecified atom stereocenters. The van der Waals surface area contributed by atoms with E-state index < -0.39 is 5.25 Å². The summed E-state index contributed by atoms with van der Waals surface area (Å²) in [5.74, 6) is -0.0352. The van der Waals surface area contributed by atoms with E-state index in [0.717, 1.165) is 22.9 Å². The third kappa shape index (κ3) is 5.30. The van der Waals surface area contributed by atoms with Crippen molar-refractivity contribution in [3.8, 4) is 5.75 Å². The largest absolute Gasteiger partial charge is 0.493 e. The van der Waals surface area contributed by atoms with Crippen molar-refractivity contribution < 1.29 is 23.8 Å². The second-order valence-corrected chi connectivity index (χ2v) is 7.48. The second kappa shape index (κ2) is 9.01. The van der Waals surface area contributed by atoms with E-state index in [0.29, 0.717) is 25.2 Å². The summed E-state index contributed by atoms with van der Waals surface area (Å²) < 4.78 is 19.2. The molecule has 0 spiro atoms. The number of rotatable bonds is 8. The van der Waals surface area contributed by atoms with Crippen LogP contribution in [0.5, 0.6) is 5.75 Å². The third-order valence-corrected chi connectivity index (χ3v) is 5.34. The molecular formula is C20H20FNO4S. The molecule has 0 saturated carbocycles. The maximum Gasteiger partial charge on any atom is 0.286 e. The molecule has 2 amide bonds. The third-order valence-electron chi connectivity index (χ3n) is 4.36. The van der Waals surface area contributed by atoms with Gasteiger partial charge in [0.1, 0.15) is 11.6 Å². The van der Waals surface area contributed by atoms with Gasteiger partial charge in [-0.25, -0.2) is 4.39 Å². The minimum atomic E-state index is -0.397. The van der Waals surface area contributed by atoms with Gasteiger partial charge in [0.05, 0.1) is 11.9 Å². The molecule has 0 radical (unpaired) electrons. The van der Waals surface area contributed by atoms with Crippen LogP contribution in [-0.2, 0) is 11.2 Å². The van der Waals surface area contributed by atoms with Crippen LogP contribution in [0.3, 0.4) is 0 Å². The highest BCUT2D eigenvalue weighted by Gasteiger charge is 2.31. The van der Waals surface area contributed by atoms with Crippen LogP contribution in [0.4, 0.5) is 9.18 Å². The Morgan fingerprint density at radius 3 is 2.59 bits per heavy atom. The fraction of sp³-hybridized carbons (Fsp3) is 0.300. The van der Waals surface area contributed by atoms with Gasteiger partial charge in [-0.2, -0.15) is 0 Å². The summed E-state index contributed by atoms with van der Waals surface area (Å²) in [5.41, 5.74) is 1.72. The molecule has 1 aliphatic rings. The topological polar surface area (TPSA) is 75.6 Å². The zero-order valence-corrected chi connectivity index (χ0v) is 15.4. The first-order chi connectivity index (χ1) is 13.0. The summed E-state index contributed by atoms with van der Waals surface area (Å²) in [6.07, 6.45) is 0.947. The lowest BCUT2D eigenvalue weighted by atomic mass is 9.97. The Kier molecular flexibility index (Phi) is 6.47. The molecule has 2 aromatic rings. The van der Waals surface area contributed by atoms with Gasteiger partial charge in [0, 0.05) is 12.5 Å². The van der Waals surface area contributed by atoms with E-state index in [1.807, 2.05) is 18.2 Å². The van der Waals surface area contributed by atoms with Crippen LogP contribution in [0, 0.1) is 5.82 Å². The number of aliphatic hydroxyl groups excluding tert-OH is 1. The lowest BCUT2D eigenvalue weighted by Crippen LogP contribution is -2.25. The van der Waals surface area contributed by atoms with E-state index in [2.05, 4.69) is 5.32 Å². The summed E-state index contributed by atoms with van der Waals surface area (Å²) in [6, 6.07) is 13.6. The number of hydrogen-bond acceptors (Lipinski definition) is 5. The molecule has 0 bridgehead atoms. The summed E-state index contributed by atoms with van der Waals surface area (Å²) in [4.78, 5) is 22.8. The van der Waals surface area contributed by atoms with E-state index in [1.54, 1.807) is 18.2 Å². The zero-order valence-electron chi connectivity index (χ0n) is 14.6. The predicted octanol–water partition coefficient (Wildman–Crippen LogP) is 3.26. The maximum atomic E-state index is 13.4. The van der Waals surface area contributed by atoms with Gasteiger partial charge in [-0.15, -0.1) is 0 Å². The first kappa shape index (κ1) is 19.4. The molecule has 2 aromatic carbocycles. The Balaban J connectivity index is 1.58. The van der Waals surface area contributed by atoms with Crippen LogP contribution in [0.15, 0.2) is 48.5 Å². The number of benzene rings is 2. The average Bonchev–Trinajstić information content (AvgIpc) is 2.97. The summed E-state index contributed by atoms with van der Waals surface area (Å²) in [6.45, 7) is 0.308. The summed E-state index contributed by atoms with van der Waals surface area (Å²) >= 11 is 1.01. The molecule has 0 aliphatic carbocycles. The molecule has 2 N–H and O–H groups in total. The first-order valence-corrected chi connectivity index (χ1v) is 9.52. The number of amides is 2. The molecule has 1 saturated heterocycles. The monoisotopic (exact) mass is 389 g/mol. The molecule has 1 heterocycles. The fourth-order valence-electron chi connectivity index (χ4n) is 2.92. The second-order valence-electron chi connectivity index (χ2n) is 6.31. The number of thioether (sulfide) groups is 1. The molecule has 0 aromatic heterocycles. The fourth-order valence-corrected chi connectivity index (χ4v) is 3.78. The van der Waals surface area contributed by atoms with Crippen molar-refractivity contribution in [2.45, 2.75) is 24.0 Å². The molecule has 27 heavy (non-hydrogen) atoms. The minimum absolute atomic E-state index is 0.0106. The molecule has 5 nitrogen and oxygen atoms in total. The number of carbonyl (C=O) groups excluding carboxylic acids is 2. The van der Waals surface area contributed by atoms with Crippen LogP contribution >= 0.6 is 11.8 Å². The highest BCUT2D eigenvalue weighted by molar-refractivity contribution is 8.15. The standard InChI is InChI=1S/C20H20FNO4S/c21-16-3-1-2-14(11-16)15(8-9-23)12-26-17-6-4-13(5-7-17)10-18-19(24)22-20(25)27-18/h1-7,11,15,18,23H,8-10,12H2,(H,22,24,25). The van der Waals surface area contributed by atoms with E-state index in [4.69, 9.17) is 4.74 Å². The zero-order chi connectivity index (χ0) is 19.2. The summed E-state index contributed by atoms with van der Waals surface area (Å²) in [7, 11) is 0. The lowest BCUT2D eigenvalue weighted by Gasteiger charge is -2.17. The van der Waals surface area contributed by atoms with Crippen LogP contribution in [0.25, 0.3) is 0 Å². The molecule has 7 heteroatoms. The molecule has 1 aliphatic heterocycles. The Morgan fingerprint density at radius 2 is 1.96 bits per heavy atom. The lowest BCUT2D eigenvalue weighted by molar-refractivity contribution is -0.118. The van der Waals surface area contributed by atoms with Gasteiger partial charge in [-0.05, 0) is 48.2 Å². The number of hydrogen-bond donors (Lipinski definition) is 2. The normalized spacial score (nSPS) is 17.6. The number of ether oxygens (including phenoxy) is 1. The molecule has 2 atom stereocenters. The van der Waals surface area contributed by atoms with Crippen LogP contribution < -0.4 is 10.1 Å². The van der Waals surface area contributed by atoms with Gasteiger partial charge in [0.25, 0.3) is 5.24 Å². The Hall–Kier alpha value is -2.38. The van der Waals surface area contributed by atoms with Crippen molar-refractivity contribution in [1.29, 1.82) is 0 Å². The Labute approximate surface area is 160 Å². The van der Waals surface area contributed by atoms with Gasteiger partial charge in [-0.3, -0.25) is 14.9 Å². The van der Waals surface area contributed by atoms with Crippen molar-refractivity contribution in [3.05, 3.63) is 65.5 Å². The maximum absolute atomic E-state index is 13.4. The highest BCUT2D eigenvalue weighted by Crippen LogP contribution is 2.25. The van der Waals surface area contributed by atoms with Crippen LogP contribution in [0.1, 0.15) is 23.5 Å². The van der Waals surface area contributed by atoms with Crippen molar-refractivity contribution in [1.82, 2.24) is 5.32 Å². The van der Waals surface area contributed by atoms with Crippen LogP contribution in [-0.4, -0.2) is 34.7 Å². The van der Waals surface area contributed by atoms with E-state index in [-0.39, 0.29) is 29.5 Å². The van der Waals surface area contributed by atoms with Gasteiger partial charge in [-0.1, -0.05) is 36.0 Å². The molecule has 142 valence electrons. The van der Waals surface area contributed by atoms with Crippen LogP contribution in [0.2, 0.25) is 0 Å². The number of halogens is 1. The van der Waals surface area contributed by atoms with Gasteiger partial charge in [0.15, 0.2) is 0 Å². The summed E-state index contributed by atoms with van der Waals surface area (Å²) in [5, 5.41) is 10.8. The van der Waals surface area contributed by atoms with E-state index >= 15 is 0 Å². The number of imide groups is 1. The Morgan fingerprint density at radius 1 is 1.19 bits per heavy atom. The molecule has 1 fully saturated rings. The Bertz CT molecular complexity index is 812. The van der Waals surface area contributed by atoms with Crippen molar-refractivity contribution in [2.24, 2.45) is 0 Å². The number of carbonyl (C=O) groups is 2. The van der Waals surface area contributed by atoms with Gasteiger partial charge in [0.2, 0.25) is 5.91 Å². The predicted molar refractivity (Wildman–Crippen MR) is 101 cm³/mol. The minimum Gasteiger partial charge on any atom is -0.493 e. The average molecular weight is 389 g/mol. The number of nitrogens with one attached hydrogen (secondary N) is 1. The van der Waals surface area contributed by atoms with Crippen molar-refractivity contribution in [3.63, 3.8) is 0 Å². The van der Waals surface area contributed by atoms with E-state index in [1.165, 1.54) is 12.1 Å². The molecular weight excluding hydrogens is 369 g/mol. The SMILES string of the molecule is O=C1NC(=O)C(Cc2ccc(OCC(CCO)c3cccc(F)c3)cc2)S1. The van der Waals surface area contributed by atoms with Crippen molar-refractivity contribution >= 4 is 22.9 Å². The highest BCUT2D eigenvalue weighted by atomic mass is 32.2. The smallest absolute Gasteiger partial charge is 0.286 e.